The summed E-state index contributed by atoms with van der Waals surface area (Å²) < 4.78 is 15.1. The molecule has 3 N–H and O–H groups in total. The van der Waals surface area contributed by atoms with E-state index in [1.165, 1.54) is 34.9 Å². The summed E-state index contributed by atoms with van der Waals surface area (Å²) >= 11 is 0. The normalized spacial score (nSPS) is 12.0. The Morgan fingerprint density at radius 3 is 2.58 bits per heavy atom. The van der Waals surface area contributed by atoms with E-state index < -0.39 is 23.7 Å². The average Bonchev–Trinajstić information content (AvgIpc) is 2.95. The van der Waals surface area contributed by atoms with Crippen LogP contribution in [0.5, 0.6) is 5.75 Å². The molecule has 1 amide bonds. The van der Waals surface area contributed by atoms with Gasteiger partial charge in [-0.3, -0.25) is 19.0 Å². The molecular formula is C23H23FN2O5. The number of aliphatic carboxylic acids is 1. The fraction of sp³-hybridized carbons (Fsp3) is 0.261. The number of carboxylic acids is 1. The average molecular weight is 426 g/mol. The molecule has 1 atom stereocenters. The molecule has 162 valence electrons. The highest BCUT2D eigenvalue weighted by Crippen LogP contribution is 2.30. The minimum Gasteiger partial charge on any atom is -0.508 e. The summed E-state index contributed by atoms with van der Waals surface area (Å²) in [5, 5.41) is 22.0. The van der Waals surface area contributed by atoms with E-state index in [2.05, 4.69) is 5.32 Å². The van der Waals surface area contributed by atoms with Gasteiger partial charge in [-0.2, -0.15) is 0 Å². The van der Waals surface area contributed by atoms with E-state index in [1.807, 2.05) is 0 Å². The third-order valence-electron chi connectivity index (χ3n) is 5.08. The number of nitrogens with one attached hydrogen (secondary N) is 1. The molecule has 0 aliphatic rings. The van der Waals surface area contributed by atoms with Gasteiger partial charge in [0.2, 0.25) is 5.91 Å². The summed E-state index contributed by atoms with van der Waals surface area (Å²) in [5.41, 5.74) is 2.01. The number of aromatic hydroxyl groups is 1. The zero-order valence-electron chi connectivity index (χ0n) is 17.2. The summed E-state index contributed by atoms with van der Waals surface area (Å²) in [4.78, 5) is 36.1. The number of carbonyl (C=O) groups is 3. The fourth-order valence-corrected chi connectivity index (χ4v) is 3.70. The van der Waals surface area contributed by atoms with E-state index in [0.29, 0.717) is 22.2 Å². The molecule has 1 aromatic heterocycles. The lowest BCUT2D eigenvalue weighted by Crippen LogP contribution is -2.34. The van der Waals surface area contributed by atoms with Gasteiger partial charge in [-0.25, -0.2) is 4.39 Å². The molecular weight excluding hydrogens is 403 g/mol. The van der Waals surface area contributed by atoms with Crippen LogP contribution in [0.25, 0.3) is 10.9 Å². The largest absolute Gasteiger partial charge is 0.508 e. The van der Waals surface area contributed by atoms with Gasteiger partial charge in [-0.15, -0.1) is 0 Å². The van der Waals surface area contributed by atoms with Gasteiger partial charge in [0.15, 0.2) is 0 Å². The van der Waals surface area contributed by atoms with Crippen molar-refractivity contribution in [2.75, 3.05) is 0 Å². The van der Waals surface area contributed by atoms with Gasteiger partial charge in [0.25, 0.3) is 5.91 Å². The number of rotatable bonds is 7. The second kappa shape index (κ2) is 8.99. The third-order valence-corrected chi connectivity index (χ3v) is 5.08. The number of halogens is 1. The number of benzene rings is 2. The predicted molar refractivity (Wildman–Crippen MR) is 113 cm³/mol. The Morgan fingerprint density at radius 2 is 1.90 bits per heavy atom. The molecule has 31 heavy (non-hydrogen) atoms. The molecule has 0 aliphatic heterocycles. The molecule has 8 heteroatoms. The molecule has 0 unspecified atom stereocenters. The molecule has 7 nitrogen and oxygen atoms in total. The van der Waals surface area contributed by atoms with E-state index in [1.54, 1.807) is 19.9 Å². The Morgan fingerprint density at radius 1 is 1.16 bits per heavy atom. The van der Waals surface area contributed by atoms with Crippen molar-refractivity contribution in [1.29, 1.82) is 0 Å². The monoisotopic (exact) mass is 426 g/mol. The Hall–Kier alpha value is -3.68. The van der Waals surface area contributed by atoms with Crippen molar-refractivity contribution in [2.45, 2.75) is 39.2 Å². The number of aromatic nitrogens is 1. The van der Waals surface area contributed by atoms with E-state index in [4.69, 9.17) is 5.11 Å². The maximum atomic E-state index is 13.6. The van der Waals surface area contributed by atoms with Crippen LogP contribution in [-0.4, -0.2) is 38.6 Å². The molecule has 0 saturated heterocycles. The third kappa shape index (κ3) is 4.91. The van der Waals surface area contributed by atoms with E-state index in [-0.39, 0.29) is 36.5 Å². The Bertz CT molecular complexity index is 1170. The zero-order valence-corrected chi connectivity index (χ0v) is 17.2. The number of hydrogen-bond acceptors (Lipinski definition) is 4. The number of hydrogen-bond donors (Lipinski definition) is 3. The summed E-state index contributed by atoms with van der Waals surface area (Å²) in [6, 6.07) is 9.47. The summed E-state index contributed by atoms with van der Waals surface area (Å²) in [7, 11) is 0. The molecule has 0 aliphatic carbocycles. The van der Waals surface area contributed by atoms with Crippen LogP contribution in [0.4, 0.5) is 4.39 Å². The van der Waals surface area contributed by atoms with Crippen LogP contribution in [-0.2, 0) is 16.0 Å². The molecule has 1 heterocycles. The number of aryl methyl sites for hydroxylation is 1. The second-order valence-corrected chi connectivity index (χ2v) is 7.48. The van der Waals surface area contributed by atoms with Crippen molar-refractivity contribution in [3.05, 3.63) is 65.1 Å². The zero-order chi connectivity index (χ0) is 22.7. The topological polar surface area (TPSA) is 109 Å². The van der Waals surface area contributed by atoms with Gasteiger partial charge in [0, 0.05) is 29.1 Å². The molecule has 0 bridgehead atoms. The first kappa shape index (κ1) is 22.0. The molecule has 0 spiro atoms. The highest BCUT2D eigenvalue weighted by atomic mass is 19.1. The minimum atomic E-state index is -1.00. The quantitative estimate of drug-likeness (QED) is 0.537. The molecule has 0 saturated carbocycles. The van der Waals surface area contributed by atoms with Crippen LogP contribution in [0.3, 0.4) is 0 Å². The first-order valence-corrected chi connectivity index (χ1v) is 9.81. The lowest BCUT2D eigenvalue weighted by Gasteiger charge is -2.11. The lowest BCUT2D eigenvalue weighted by molar-refractivity contribution is -0.137. The van der Waals surface area contributed by atoms with Gasteiger partial charge in [0.05, 0.1) is 11.9 Å². The fourth-order valence-electron chi connectivity index (χ4n) is 3.70. The van der Waals surface area contributed by atoms with Crippen LogP contribution in [0.1, 0.15) is 41.4 Å². The standard InChI is InChI=1S/C23H23FN2O5/c1-13(10-22(29)30)25-21(28)9-7-18-14(2)26(20-8-6-17(27)12-19(18)20)23(31)15-4-3-5-16(24)11-15/h3-6,8,11-13,27H,7,9-10H2,1-2H3,(H,25,28)(H,29,30)/t13-/m0/s1. The molecule has 3 aromatic rings. The first-order valence-electron chi connectivity index (χ1n) is 9.81. The smallest absolute Gasteiger partial charge is 0.305 e. The van der Waals surface area contributed by atoms with Gasteiger partial charge < -0.3 is 15.5 Å². The maximum absolute atomic E-state index is 13.6. The second-order valence-electron chi connectivity index (χ2n) is 7.48. The highest BCUT2D eigenvalue weighted by molar-refractivity contribution is 6.04. The number of phenolic OH excluding ortho intramolecular Hbond substituents is 1. The Balaban J connectivity index is 1.92. The Labute approximate surface area is 178 Å². The van der Waals surface area contributed by atoms with Crippen LogP contribution < -0.4 is 5.32 Å². The van der Waals surface area contributed by atoms with Gasteiger partial charge in [-0.1, -0.05) is 6.07 Å². The van der Waals surface area contributed by atoms with Crippen molar-refractivity contribution in [3.8, 4) is 5.75 Å². The lowest BCUT2D eigenvalue weighted by atomic mass is 10.0. The number of phenols is 1. The number of amides is 1. The van der Waals surface area contributed by atoms with E-state index >= 15 is 0 Å². The van der Waals surface area contributed by atoms with Crippen molar-refractivity contribution >= 4 is 28.7 Å². The van der Waals surface area contributed by atoms with Crippen molar-refractivity contribution in [2.24, 2.45) is 0 Å². The van der Waals surface area contributed by atoms with Crippen LogP contribution in [0, 0.1) is 12.7 Å². The number of nitrogens with zero attached hydrogens (tertiary/aromatic N) is 1. The summed E-state index contributed by atoms with van der Waals surface area (Å²) in [5.74, 6) is -2.24. The van der Waals surface area contributed by atoms with Crippen LogP contribution in [0.15, 0.2) is 42.5 Å². The molecule has 2 aromatic carbocycles. The van der Waals surface area contributed by atoms with Crippen molar-refractivity contribution in [3.63, 3.8) is 0 Å². The molecule has 0 fully saturated rings. The van der Waals surface area contributed by atoms with Gasteiger partial charge in [0.1, 0.15) is 11.6 Å². The molecule has 3 rings (SSSR count). The van der Waals surface area contributed by atoms with Crippen LogP contribution >= 0.6 is 0 Å². The van der Waals surface area contributed by atoms with Gasteiger partial charge in [-0.05, 0) is 62.2 Å². The SMILES string of the molecule is Cc1c(CCC(=O)N[C@@H](C)CC(=O)O)c2cc(O)ccc2n1C(=O)c1cccc(F)c1. The Kier molecular flexibility index (Phi) is 6.39. The number of fused-ring (bicyclic) bond motifs is 1. The van der Waals surface area contributed by atoms with Crippen molar-refractivity contribution in [1.82, 2.24) is 9.88 Å². The molecule has 0 radical (unpaired) electrons. The minimum absolute atomic E-state index is 0.0173. The summed E-state index contributed by atoms with van der Waals surface area (Å²) in [6.45, 7) is 3.34. The van der Waals surface area contributed by atoms with E-state index in [9.17, 15) is 23.9 Å². The highest BCUT2D eigenvalue weighted by Gasteiger charge is 2.21. The summed E-state index contributed by atoms with van der Waals surface area (Å²) in [6.07, 6.45) is 0.175. The van der Waals surface area contributed by atoms with Crippen LogP contribution in [0.2, 0.25) is 0 Å². The maximum Gasteiger partial charge on any atom is 0.305 e. The number of carboxylic acid groups (broad SMARTS) is 1. The van der Waals surface area contributed by atoms with E-state index in [0.717, 1.165) is 6.07 Å². The first-order chi connectivity index (χ1) is 14.7. The van der Waals surface area contributed by atoms with Crippen molar-refractivity contribution < 1.29 is 29.0 Å². The number of carbonyl (C=O) groups excluding carboxylic acids is 2. The predicted octanol–water partition coefficient (Wildman–Crippen LogP) is 3.39. The van der Waals surface area contributed by atoms with Gasteiger partial charge >= 0.3 is 5.97 Å².